The van der Waals surface area contributed by atoms with Gasteiger partial charge in [0.25, 0.3) is 10.0 Å². The van der Waals surface area contributed by atoms with Crippen LogP contribution in [0.3, 0.4) is 0 Å². The van der Waals surface area contributed by atoms with Crippen molar-refractivity contribution in [3.8, 4) is 0 Å². The van der Waals surface area contributed by atoms with E-state index >= 15 is 0 Å². The van der Waals surface area contributed by atoms with Crippen molar-refractivity contribution in [1.82, 2.24) is 4.98 Å². The highest BCUT2D eigenvalue weighted by Gasteiger charge is 2.18. The molecule has 0 unspecified atom stereocenters. The number of anilines is 1. The lowest BCUT2D eigenvalue weighted by Gasteiger charge is -2.04. The number of hydrogen-bond acceptors (Lipinski definition) is 6. The van der Waals surface area contributed by atoms with E-state index < -0.39 is 16.0 Å². The summed E-state index contributed by atoms with van der Waals surface area (Å²) in [6, 6.07) is 5.79. The maximum absolute atomic E-state index is 12.2. The molecule has 0 fully saturated rings. The summed E-state index contributed by atoms with van der Waals surface area (Å²) in [5.74, 6) is -0.404. The normalized spacial score (nSPS) is 11.2. The van der Waals surface area contributed by atoms with Crippen molar-refractivity contribution in [3.63, 3.8) is 0 Å². The van der Waals surface area contributed by atoms with Crippen LogP contribution < -0.4 is 4.72 Å². The van der Waals surface area contributed by atoms with Gasteiger partial charge in [0.1, 0.15) is 0 Å². The van der Waals surface area contributed by atoms with Crippen molar-refractivity contribution in [2.75, 3.05) is 11.8 Å². The number of carbonyl (C=O) groups excluding carboxylic acids is 1. The number of methoxy groups -OCH3 is 1. The molecule has 0 bridgehead atoms. The Morgan fingerprint density at radius 2 is 2.00 bits per heavy atom. The molecule has 1 N–H and O–H groups in total. The van der Waals surface area contributed by atoms with Crippen LogP contribution in [0.2, 0.25) is 5.02 Å². The smallest absolute Gasteiger partial charge is 0.310 e. The number of nitrogens with zero attached hydrogens (tertiary/aromatic N) is 1. The highest BCUT2D eigenvalue weighted by Crippen LogP contribution is 2.26. The minimum absolute atomic E-state index is 0.0582. The third-order valence-electron chi connectivity index (χ3n) is 2.77. The first-order valence-electron chi connectivity index (χ1n) is 6.13. The Morgan fingerprint density at radius 3 is 2.59 bits per heavy atom. The molecule has 0 amide bonds. The fourth-order valence-electron chi connectivity index (χ4n) is 1.63. The Balaban J connectivity index is 2.21. The molecule has 6 nitrogen and oxygen atoms in total. The van der Waals surface area contributed by atoms with E-state index in [1.165, 1.54) is 31.4 Å². The summed E-state index contributed by atoms with van der Waals surface area (Å²) in [6.07, 6.45) is 0.0582. The Hall–Kier alpha value is -1.64. The van der Waals surface area contributed by atoms with Gasteiger partial charge in [-0.1, -0.05) is 11.6 Å². The first kappa shape index (κ1) is 16.7. The molecule has 22 heavy (non-hydrogen) atoms. The number of carbonyl (C=O) groups is 1. The van der Waals surface area contributed by atoms with Crippen molar-refractivity contribution in [1.29, 1.82) is 0 Å². The average molecular weight is 361 g/mol. The SMILES string of the molecule is COC(=O)Cc1sc(NS(=O)(=O)c2ccc(Cl)cc2)nc1C. The molecule has 0 aliphatic rings. The Labute approximate surface area is 137 Å². The molecule has 9 heteroatoms. The maximum Gasteiger partial charge on any atom is 0.310 e. The molecule has 0 saturated carbocycles. The minimum atomic E-state index is -3.74. The molecule has 0 radical (unpaired) electrons. The van der Waals surface area contributed by atoms with E-state index in [1.807, 2.05) is 0 Å². The van der Waals surface area contributed by atoms with Crippen LogP contribution in [0, 0.1) is 6.92 Å². The van der Waals surface area contributed by atoms with Gasteiger partial charge >= 0.3 is 5.97 Å². The largest absolute Gasteiger partial charge is 0.469 e. The number of aromatic nitrogens is 1. The summed E-state index contributed by atoms with van der Waals surface area (Å²) in [7, 11) is -2.45. The molecular formula is C13H13ClN2O4S2. The van der Waals surface area contributed by atoms with Crippen LogP contribution in [0.5, 0.6) is 0 Å². The van der Waals surface area contributed by atoms with Crippen LogP contribution in [-0.2, 0) is 26.0 Å². The zero-order chi connectivity index (χ0) is 16.3. The van der Waals surface area contributed by atoms with E-state index in [-0.39, 0.29) is 16.4 Å². The molecule has 2 aromatic rings. The number of benzene rings is 1. The number of nitrogens with one attached hydrogen (secondary N) is 1. The zero-order valence-electron chi connectivity index (χ0n) is 11.8. The molecule has 0 spiro atoms. The number of rotatable bonds is 5. The number of thiazole rings is 1. The Morgan fingerprint density at radius 1 is 1.36 bits per heavy atom. The van der Waals surface area contributed by atoms with Crippen molar-refractivity contribution >= 4 is 44.1 Å². The summed E-state index contributed by atoms with van der Waals surface area (Å²) >= 11 is 6.84. The summed E-state index contributed by atoms with van der Waals surface area (Å²) in [5.41, 5.74) is 0.587. The molecule has 0 aliphatic carbocycles. The molecule has 0 atom stereocenters. The Kier molecular flexibility index (Phi) is 5.05. The van der Waals surface area contributed by atoms with Gasteiger partial charge in [-0.2, -0.15) is 0 Å². The minimum Gasteiger partial charge on any atom is -0.469 e. The predicted octanol–water partition coefficient (Wildman–Crippen LogP) is 2.62. The van der Waals surface area contributed by atoms with Crippen LogP contribution in [-0.4, -0.2) is 26.5 Å². The van der Waals surface area contributed by atoms with Gasteiger partial charge in [0.05, 0.1) is 24.1 Å². The van der Waals surface area contributed by atoms with Gasteiger partial charge in [0.15, 0.2) is 5.13 Å². The van der Waals surface area contributed by atoms with E-state index in [0.29, 0.717) is 15.6 Å². The molecule has 118 valence electrons. The molecule has 1 aromatic heterocycles. The van der Waals surface area contributed by atoms with E-state index in [9.17, 15) is 13.2 Å². The van der Waals surface area contributed by atoms with Crippen LogP contribution in [0.1, 0.15) is 10.6 Å². The van der Waals surface area contributed by atoms with Crippen molar-refractivity contribution < 1.29 is 17.9 Å². The second-order valence-corrected chi connectivity index (χ2v) is 7.54. The molecule has 1 aromatic carbocycles. The third kappa shape index (κ3) is 3.96. The molecule has 2 rings (SSSR count). The van der Waals surface area contributed by atoms with Gasteiger partial charge < -0.3 is 4.74 Å². The number of sulfonamides is 1. The van der Waals surface area contributed by atoms with E-state index in [4.69, 9.17) is 11.6 Å². The van der Waals surface area contributed by atoms with Crippen LogP contribution in [0.25, 0.3) is 0 Å². The number of hydrogen-bond donors (Lipinski definition) is 1. The highest BCUT2D eigenvalue weighted by molar-refractivity contribution is 7.93. The first-order valence-corrected chi connectivity index (χ1v) is 8.81. The fraction of sp³-hybridized carbons (Fsp3) is 0.231. The molecular weight excluding hydrogens is 348 g/mol. The van der Waals surface area contributed by atoms with Crippen LogP contribution in [0.15, 0.2) is 29.2 Å². The van der Waals surface area contributed by atoms with E-state index in [0.717, 1.165) is 11.3 Å². The van der Waals surface area contributed by atoms with E-state index in [2.05, 4.69) is 14.4 Å². The van der Waals surface area contributed by atoms with Crippen LogP contribution >= 0.6 is 22.9 Å². The summed E-state index contributed by atoms with van der Waals surface area (Å²) < 4.78 is 31.4. The van der Waals surface area contributed by atoms with E-state index in [1.54, 1.807) is 6.92 Å². The Bertz CT molecular complexity index is 785. The average Bonchev–Trinajstić information content (AvgIpc) is 2.78. The lowest BCUT2D eigenvalue weighted by molar-refractivity contribution is -0.139. The number of ether oxygens (including phenoxy) is 1. The second-order valence-electron chi connectivity index (χ2n) is 4.34. The quantitative estimate of drug-likeness (QED) is 0.828. The van der Waals surface area contributed by atoms with Gasteiger partial charge in [-0.05, 0) is 31.2 Å². The number of aryl methyl sites for hydroxylation is 1. The lowest BCUT2D eigenvalue weighted by atomic mass is 10.3. The fourth-order valence-corrected chi connectivity index (χ4v) is 3.94. The lowest BCUT2D eigenvalue weighted by Crippen LogP contribution is -2.12. The first-order chi connectivity index (χ1) is 10.3. The van der Waals surface area contributed by atoms with Gasteiger partial charge in [0.2, 0.25) is 0 Å². The topological polar surface area (TPSA) is 85.4 Å². The molecule has 1 heterocycles. The van der Waals surface area contributed by atoms with Crippen molar-refractivity contribution in [2.45, 2.75) is 18.2 Å². The highest BCUT2D eigenvalue weighted by atomic mass is 35.5. The van der Waals surface area contributed by atoms with Gasteiger partial charge in [-0.15, -0.1) is 11.3 Å². The molecule has 0 saturated heterocycles. The van der Waals surface area contributed by atoms with Gasteiger partial charge in [-0.3, -0.25) is 9.52 Å². The third-order valence-corrected chi connectivity index (χ3v) is 5.58. The van der Waals surface area contributed by atoms with Gasteiger partial charge in [0, 0.05) is 9.90 Å². The van der Waals surface area contributed by atoms with Crippen molar-refractivity contribution in [2.24, 2.45) is 0 Å². The van der Waals surface area contributed by atoms with Crippen molar-refractivity contribution in [3.05, 3.63) is 39.9 Å². The second kappa shape index (κ2) is 6.64. The number of esters is 1. The summed E-state index contributed by atoms with van der Waals surface area (Å²) in [5, 5.41) is 0.649. The molecule has 0 aliphatic heterocycles. The summed E-state index contributed by atoms with van der Waals surface area (Å²) in [6.45, 7) is 1.70. The van der Waals surface area contributed by atoms with Gasteiger partial charge in [-0.25, -0.2) is 13.4 Å². The zero-order valence-corrected chi connectivity index (χ0v) is 14.2. The number of halogens is 1. The van der Waals surface area contributed by atoms with Crippen LogP contribution in [0.4, 0.5) is 5.13 Å². The standard InChI is InChI=1S/C13H13ClN2O4S2/c1-8-11(7-12(17)20-2)21-13(15-8)16-22(18,19)10-5-3-9(14)4-6-10/h3-6H,7H2,1-2H3,(H,15,16). The maximum atomic E-state index is 12.2. The monoisotopic (exact) mass is 360 g/mol. The predicted molar refractivity (Wildman–Crippen MR) is 84.8 cm³/mol. The summed E-state index contributed by atoms with van der Waals surface area (Å²) in [4.78, 5) is 16.1.